The Morgan fingerprint density at radius 2 is 1.69 bits per heavy atom. The summed E-state index contributed by atoms with van der Waals surface area (Å²) in [5.74, 6) is -5.40. The van der Waals surface area contributed by atoms with Crippen molar-refractivity contribution < 1.29 is 87.6 Å². The summed E-state index contributed by atoms with van der Waals surface area (Å²) in [4.78, 5) is 49.6. The number of carboxylic acid groups (broad SMARTS) is 2. The molecule has 3 aromatic rings. The Bertz CT molecular complexity index is 1660. The summed E-state index contributed by atoms with van der Waals surface area (Å²) < 4.78 is 28.3. The average Bonchev–Trinajstić information content (AvgIpc) is 3.65. The second-order valence-electron chi connectivity index (χ2n) is 11.7. The molecule has 0 saturated heterocycles. The fourth-order valence-electron chi connectivity index (χ4n) is 6.57. The number of carboxylic acids is 2. The predicted molar refractivity (Wildman–Crippen MR) is 164 cm³/mol. The van der Waals surface area contributed by atoms with Gasteiger partial charge in [0.25, 0.3) is 0 Å². The summed E-state index contributed by atoms with van der Waals surface area (Å²) in [6.45, 7) is 6.61. The van der Waals surface area contributed by atoms with Crippen LogP contribution < -0.4 is 58.3 Å². The Kier molecular flexibility index (Phi) is 11.9. The third kappa shape index (κ3) is 6.93. The van der Waals surface area contributed by atoms with Crippen LogP contribution in [0.4, 0.5) is 0 Å². The second-order valence-corrected chi connectivity index (χ2v) is 11.7. The minimum absolute atomic E-state index is 0. The van der Waals surface area contributed by atoms with Gasteiger partial charge in [0, 0.05) is 34.8 Å². The first-order valence-corrected chi connectivity index (χ1v) is 15.3. The predicted octanol–water partition coefficient (Wildman–Crippen LogP) is 0.997. The van der Waals surface area contributed by atoms with Gasteiger partial charge in [0.1, 0.15) is 17.2 Å². The van der Waals surface area contributed by atoms with Crippen LogP contribution >= 0.6 is 0 Å². The van der Waals surface area contributed by atoms with Gasteiger partial charge in [0.15, 0.2) is 18.1 Å². The van der Waals surface area contributed by atoms with E-state index in [1.807, 2.05) is 6.92 Å². The summed E-state index contributed by atoms with van der Waals surface area (Å²) in [6.07, 6.45) is 0.271. The van der Waals surface area contributed by atoms with Crippen LogP contribution in [0, 0.1) is 11.8 Å². The third-order valence-electron chi connectivity index (χ3n) is 8.47. The number of hydrogen-bond donors (Lipinski definition) is 1. The average molecular weight is 673 g/mol. The van der Waals surface area contributed by atoms with Crippen LogP contribution in [0.15, 0.2) is 54.6 Å². The number of fused-ring (bicyclic) bond motifs is 2. The monoisotopic (exact) mass is 672 g/mol. The van der Waals surface area contributed by atoms with Crippen LogP contribution in [0.3, 0.4) is 0 Å². The second kappa shape index (κ2) is 15.5. The number of aliphatic carboxylic acids is 2. The van der Waals surface area contributed by atoms with Crippen LogP contribution in [0.2, 0.25) is 0 Å². The van der Waals surface area contributed by atoms with E-state index in [9.17, 15) is 24.6 Å². The Hall–Kier alpha value is -3.97. The molecular weight excluding hydrogens is 635 g/mol. The van der Waals surface area contributed by atoms with Crippen molar-refractivity contribution in [3.05, 3.63) is 76.9 Å². The Balaban J connectivity index is 0.00000520. The quantitative estimate of drug-likeness (QED) is 0.147. The normalized spacial score (nSPS) is 19.5. The zero-order valence-corrected chi connectivity index (χ0v) is 29.8. The molecule has 0 saturated carbocycles. The van der Waals surface area contributed by atoms with E-state index in [2.05, 4.69) is 0 Å². The van der Waals surface area contributed by atoms with Crippen LogP contribution in [-0.4, -0.2) is 56.2 Å². The van der Waals surface area contributed by atoms with Gasteiger partial charge in [0.2, 0.25) is 6.79 Å². The van der Waals surface area contributed by atoms with Gasteiger partial charge >= 0.3 is 41.5 Å². The number of carbonyl (C=O) groups is 3. The van der Waals surface area contributed by atoms with Crippen LogP contribution in [0.25, 0.3) is 0 Å². The molecule has 3 aromatic carbocycles. The molecule has 4 unspecified atom stereocenters. The number of rotatable bonds is 14. The summed E-state index contributed by atoms with van der Waals surface area (Å²) in [5.41, 5.74) is 0.146. The molecule has 4 atom stereocenters. The molecule has 0 radical (unpaired) electrons. The van der Waals surface area contributed by atoms with Crippen molar-refractivity contribution in [3.63, 3.8) is 0 Å². The SMILES string of the molecule is CCCOc1ccc2c(c1)C(c1ccc(OC)cc1OCC(=O)O)C(C(=O)[O-])C2(c1ccc2c(c1)OCO2)C(C)C(=O)OOC(C)C.[Na+]. The van der Waals surface area contributed by atoms with Crippen molar-refractivity contribution in [2.24, 2.45) is 11.8 Å². The molecule has 0 fully saturated rings. The number of methoxy groups -OCH3 is 1. The third-order valence-corrected chi connectivity index (χ3v) is 8.47. The Morgan fingerprint density at radius 1 is 0.958 bits per heavy atom. The van der Waals surface area contributed by atoms with E-state index in [1.165, 1.54) is 13.2 Å². The summed E-state index contributed by atoms with van der Waals surface area (Å²) in [6, 6.07) is 15.0. The zero-order chi connectivity index (χ0) is 33.9. The van der Waals surface area contributed by atoms with Crippen molar-refractivity contribution in [3.8, 4) is 28.7 Å². The number of ether oxygens (including phenoxy) is 5. The summed E-state index contributed by atoms with van der Waals surface area (Å²) in [7, 11) is 1.44. The van der Waals surface area contributed by atoms with E-state index < -0.39 is 53.8 Å². The summed E-state index contributed by atoms with van der Waals surface area (Å²) in [5, 5.41) is 23.1. The molecule has 0 spiro atoms. The minimum atomic E-state index is -1.63. The number of hydrogen-bond acceptors (Lipinski definition) is 11. The van der Waals surface area contributed by atoms with E-state index >= 15 is 0 Å². The van der Waals surface area contributed by atoms with Gasteiger partial charge in [-0.05, 0) is 67.3 Å². The Labute approximate surface area is 300 Å². The van der Waals surface area contributed by atoms with Gasteiger partial charge in [0.05, 0.1) is 25.7 Å². The van der Waals surface area contributed by atoms with Crippen molar-refractivity contribution in [1.82, 2.24) is 0 Å². The molecule has 0 amide bonds. The van der Waals surface area contributed by atoms with Crippen molar-refractivity contribution in [1.29, 1.82) is 0 Å². The van der Waals surface area contributed by atoms with Crippen molar-refractivity contribution in [2.75, 3.05) is 27.1 Å². The molecule has 0 aromatic heterocycles. The fraction of sp³-hybridized carbons (Fsp3) is 0.400. The molecule has 2 aliphatic rings. The Morgan fingerprint density at radius 3 is 2.35 bits per heavy atom. The van der Waals surface area contributed by atoms with Gasteiger partial charge in [-0.3, -0.25) is 4.89 Å². The van der Waals surface area contributed by atoms with E-state index in [4.69, 9.17) is 33.5 Å². The van der Waals surface area contributed by atoms with Gasteiger partial charge < -0.3 is 38.7 Å². The maximum Gasteiger partial charge on any atom is 1.00 e. The molecule has 1 aliphatic heterocycles. The molecular formula is C35H37NaO12. The molecule has 1 N–H and O–H groups in total. The zero-order valence-electron chi connectivity index (χ0n) is 27.8. The van der Waals surface area contributed by atoms with Gasteiger partial charge in [-0.25, -0.2) is 9.59 Å². The van der Waals surface area contributed by atoms with Crippen LogP contribution in [-0.2, 0) is 29.6 Å². The number of carbonyl (C=O) groups excluding carboxylic acids is 2. The molecule has 13 heteroatoms. The maximum absolute atomic E-state index is 13.9. The molecule has 48 heavy (non-hydrogen) atoms. The molecule has 0 bridgehead atoms. The fourth-order valence-corrected chi connectivity index (χ4v) is 6.57. The van der Waals surface area contributed by atoms with E-state index in [-0.39, 0.29) is 42.1 Å². The van der Waals surface area contributed by atoms with Gasteiger partial charge in [-0.15, -0.1) is 0 Å². The first kappa shape index (κ1) is 36.9. The first-order valence-electron chi connectivity index (χ1n) is 15.3. The standard InChI is InChI=1S/C35H38O12.Na/c1-6-13-42-23-9-11-26-25(15-23)31(24-10-8-22(41-5)16-28(24)43-17-30(36)37)32(33(38)39)35(26,20(4)34(40)47-46-19(2)3)21-7-12-27-29(14-21)45-18-44-27;/h7-12,14-16,19-20,31-32H,6,13,17-18H2,1-5H3,(H,36,37)(H,38,39);/q;+1/p-1. The minimum Gasteiger partial charge on any atom is -0.550 e. The largest absolute Gasteiger partial charge is 1.00 e. The van der Waals surface area contributed by atoms with E-state index in [0.29, 0.717) is 51.9 Å². The smallest absolute Gasteiger partial charge is 0.550 e. The van der Waals surface area contributed by atoms with E-state index in [0.717, 1.165) is 6.42 Å². The molecule has 12 nitrogen and oxygen atoms in total. The van der Waals surface area contributed by atoms with Crippen LogP contribution in [0.1, 0.15) is 62.3 Å². The number of benzene rings is 3. The molecule has 5 rings (SSSR count). The van der Waals surface area contributed by atoms with Crippen LogP contribution in [0.5, 0.6) is 28.7 Å². The van der Waals surface area contributed by atoms with Crippen molar-refractivity contribution >= 4 is 17.9 Å². The maximum atomic E-state index is 13.9. The molecule has 1 aliphatic carbocycles. The van der Waals surface area contributed by atoms with E-state index in [1.54, 1.807) is 69.3 Å². The first-order chi connectivity index (χ1) is 22.5. The van der Waals surface area contributed by atoms with Gasteiger partial charge in [-0.1, -0.05) is 32.0 Å². The van der Waals surface area contributed by atoms with Crippen molar-refractivity contribution in [2.45, 2.75) is 51.6 Å². The molecule has 250 valence electrons. The summed E-state index contributed by atoms with van der Waals surface area (Å²) >= 11 is 0. The van der Waals surface area contributed by atoms with Gasteiger partial charge in [-0.2, -0.15) is 4.89 Å². The molecule has 1 heterocycles. The topological polar surface area (TPSA) is 159 Å².